The lowest BCUT2D eigenvalue weighted by Gasteiger charge is -2.19. The van der Waals surface area contributed by atoms with E-state index < -0.39 is 0 Å². The standard InChI is InChI=1S/C27H31N2PS2/c1-17(28-15-24-12-19(16-32-24)11-22-9-5-6-10-25(22)31)27(30)26-18(2)29(26)23-13-20-7-3-4-8-21(20)14-23/h5-10,12,16,23,26-28,31H,1-4,11,13-15,30H2. The highest BCUT2D eigenvalue weighted by Crippen LogP contribution is 2.48. The Morgan fingerprint density at radius 1 is 1.22 bits per heavy atom. The average molecular weight is 479 g/mol. The van der Waals surface area contributed by atoms with E-state index in [1.54, 1.807) is 11.1 Å². The zero-order chi connectivity index (χ0) is 22.2. The number of allylic oxidation sites excluding steroid dienone is 2. The van der Waals surface area contributed by atoms with E-state index in [1.165, 1.54) is 47.4 Å². The first-order chi connectivity index (χ1) is 15.5. The molecular formula is C27H31N2PS2. The van der Waals surface area contributed by atoms with Gasteiger partial charge in [-0.05, 0) is 71.9 Å². The van der Waals surface area contributed by atoms with Crippen molar-refractivity contribution in [1.29, 1.82) is 0 Å². The van der Waals surface area contributed by atoms with Crippen molar-refractivity contribution in [2.24, 2.45) is 0 Å². The highest BCUT2D eigenvalue weighted by Gasteiger charge is 2.49. The fourth-order valence-electron chi connectivity index (χ4n) is 5.10. The van der Waals surface area contributed by atoms with E-state index in [0.29, 0.717) is 12.1 Å². The molecule has 3 atom stereocenters. The van der Waals surface area contributed by atoms with Gasteiger partial charge in [0, 0.05) is 39.4 Å². The number of thiophene rings is 1. The minimum atomic E-state index is 0.281. The van der Waals surface area contributed by atoms with Gasteiger partial charge < -0.3 is 10.2 Å². The molecule has 1 saturated heterocycles. The fourth-order valence-corrected chi connectivity index (χ4v) is 6.69. The summed E-state index contributed by atoms with van der Waals surface area (Å²) in [5, 5.41) is 5.84. The molecule has 1 saturated carbocycles. The van der Waals surface area contributed by atoms with Crippen molar-refractivity contribution in [1.82, 2.24) is 10.2 Å². The number of hydrogen-bond donors (Lipinski definition) is 2. The van der Waals surface area contributed by atoms with E-state index in [1.807, 2.05) is 17.4 Å². The van der Waals surface area contributed by atoms with Crippen LogP contribution >= 0.6 is 33.2 Å². The predicted octanol–water partition coefficient (Wildman–Crippen LogP) is 6.48. The summed E-state index contributed by atoms with van der Waals surface area (Å²) in [6.45, 7) is 9.54. The fraction of sp³-hybridized carbons (Fsp3) is 0.333. The lowest BCUT2D eigenvalue weighted by Crippen LogP contribution is -2.27. The summed E-state index contributed by atoms with van der Waals surface area (Å²) in [4.78, 5) is 4.92. The SMILES string of the molecule is C=C(NCc1cc(Cc2ccccc2S)cs1)C(P)C1C(=C)N1C1CC2=CCCC=C2C1. The van der Waals surface area contributed by atoms with E-state index >= 15 is 0 Å². The van der Waals surface area contributed by atoms with Crippen LogP contribution in [-0.2, 0) is 13.0 Å². The Labute approximate surface area is 203 Å². The molecule has 0 bridgehead atoms. The molecule has 2 aromatic rings. The maximum absolute atomic E-state index is 4.58. The van der Waals surface area contributed by atoms with Crippen LogP contribution in [0.1, 0.15) is 41.7 Å². The van der Waals surface area contributed by atoms with Crippen LogP contribution < -0.4 is 5.32 Å². The van der Waals surface area contributed by atoms with Gasteiger partial charge in [0.15, 0.2) is 0 Å². The lowest BCUT2D eigenvalue weighted by atomic mass is 10.0. The molecule has 0 amide bonds. The molecule has 3 unspecified atom stereocenters. The first kappa shape index (κ1) is 22.1. The number of thiol groups is 1. The molecule has 166 valence electrons. The molecule has 2 aliphatic carbocycles. The second kappa shape index (κ2) is 9.25. The van der Waals surface area contributed by atoms with Gasteiger partial charge in [0.1, 0.15) is 0 Å². The third-order valence-electron chi connectivity index (χ3n) is 6.90. The second-order valence-corrected chi connectivity index (χ2v) is 11.3. The van der Waals surface area contributed by atoms with Gasteiger partial charge in [0.25, 0.3) is 0 Å². The Hall–Kier alpha value is -1.74. The van der Waals surface area contributed by atoms with Crippen LogP contribution in [0.25, 0.3) is 0 Å². The Morgan fingerprint density at radius 2 is 1.94 bits per heavy atom. The van der Waals surface area contributed by atoms with Crippen LogP contribution in [0, 0.1) is 0 Å². The van der Waals surface area contributed by atoms with Gasteiger partial charge in [-0.15, -0.1) is 33.2 Å². The summed E-state index contributed by atoms with van der Waals surface area (Å²) in [7, 11) is 3.01. The largest absolute Gasteiger partial charge is 0.383 e. The zero-order valence-electron chi connectivity index (χ0n) is 18.4. The molecule has 1 aromatic heterocycles. The first-order valence-electron chi connectivity index (χ1n) is 11.4. The number of nitrogens with one attached hydrogen (secondary N) is 1. The minimum Gasteiger partial charge on any atom is -0.383 e. The van der Waals surface area contributed by atoms with Gasteiger partial charge in [-0.2, -0.15) is 0 Å². The number of hydrogen-bond acceptors (Lipinski definition) is 4. The van der Waals surface area contributed by atoms with Crippen molar-refractivity contribution in [2.75, 3.05) is 0 Å². The number of nitrogens with zero attached hydrogens (tertiary/aromatic N) is 1. The highest BCUT2D eigenvalue weighted by molar-refractivity contribution is 7.80. The van der Waals surface area contributed by atoms with E-state index in [4.69, 9.17) is 0 Å². The Kier molecular flexibility index (Phi) is 6.38. The van der Waals surface area contributed by atoms with Crippen molar-refractivity contribution < 1.29 is 0 Å². The van der Waals surface area contributed by atoms with Gasteiger partial charge >= 0.3 is 0 Å². The summed E-state index contributed by atoms with van der Waals surface area (Å²) in [6, 6.07) is 11.6. The summed E-state index contributed by atoms with van der Waals surface area (Å²) in [6.07, 6.45) is 10.6. The Bertz CT molecular complexity index is 1090. The quantitative estimate of drug-likeness (QED) is 0.256. The van der Waals surface area contributed by atoms with Crippen molar-refractivity contribution in [3.05, 3.63) is 99.6 Å². The molecule has 0 radical (unpaired) electrons. The Balaban J connectivity index is 1.14. The van der Waals surface area contributed by atoms with Crippen molar-refractivity contribution in [3.8, 4) is 0 Å². The van der Waals surface area contributed by atoms with Crippen LogP contribution in [0.2, 0.25) is 0 Å². The minimum absolute atomic E-state index is 0.281. The van der Waals surface area contributed by atoms with Crippen molar-refractivity contribution in [3.63, 3.8) is 0 Å². The molecule has 2 heterocycles. The van der Waals surface area contributed by atoms with E-state index in [0.717, 1.165) is 23.6 Å². The highest BCUT2D eigenvalue weighted by atomic mass is 32.1. The van der Waals surface area contributed by atoms with Gasteiger partial charge in [-0.1, -0.05) is 43.5 Å². The second-order valence-electron chi connectivity index (χ2n) is 9.07. The Morgan fingerprint density at radius 3 is 2.66 bits per heavy atom. The van der Waals surface area contributed by atoms with Crippen LogP contribution in [0.3, 0.4) is 0 Å². The maximum atomic E-state index is 4.58. The maximum Gasteiger partial charge on any atom is 0.0802 e. The van der Waals surface area contributed by atoms with Gasteiger partial charge in [-0.3, -0.25) is 0 Å². The third-order valence-corrected chi connectivity index (χ3v) is 9.09. The topological polar surface area (TPSA) is 15.0 Å². The molecule has 2 fully saturated rings. The zero-order valence-corrected chi connectivity index (χ0v) is 21.3. The van der Waals surface area contributed by atoms with E-state index in [-0.39, 0.29) is 5.66 Å². The van der Waals surface area contributed by atoms with Crippen LogP contribution in [0.15, 0.2) is 88.5 Å². The molecule has 32 heavy (non-hydrogen) atoms. The van der Waals surface area contributed by atoms with Gasteiger partial charge in [0.05, 0.1) is 6.04 Å². The third kappa shape index (κ3) is 4.51. The number of rotatable bonds is 8. The smallest absolute Gasteiger partial charge is 0.0802 e. The van der Waals surface area contributed by atoms with Crippen LogP contribution in [0.5, 0.6) is 0 Å². The molecule has 2 nitrogen and oxygen atoms in total. The molecule has 1 N–H and O–H groups in total. The summed E-state index contributed by atoms with van der Waals surface area (Å²) < 4.78 is 0. The molecule has 5 heteroatoms. The van der Waals surface area contributed by atoms with Crippen LogP contribution in [0.4, 0.5) is 0 Å². The molecule has 1 aliphatic heterocycles. The summed E-state index contributed by atoms with van der Waals surface area (Å²) in [5.74, 6) is 0. The number of fused-ring (bicyclic) bond motifs is 1. The van der Waals surface area contributed by atoms with E-state index in [2.05, 4.69) is 87.0 Å². The molecule has 3 aliphatic rings. The molecular weight excluding hydrogens is 447 g/mol. The van der Waals surface area contributed by atoms with Crippen LogP contribution in [-0.4, -0.2) is 22.6 Å². The van der Waals surface area contributed by atoms with Gasteiger partial charge in [-0.25, -0.2) is 0 Å². The lowest BCUT2D eigenvalue weighted by molar-refractivity contribution is 0.396. The summed E-state index contributed by atoms with van der Waals surface area (Å²) >= 11 is 6.39. The van der Waals surface area contributed by atoms with E-state index in [9.17, 15) is 0 Å². The monoisotopic (exact) mass is 478 g/mol. The normalized spacial score (nSPS) is 21.1. The number of benzene rings is 1. The average Bonchev–Trinajstić information content (AvgIpc) is 3.13. The molecule has 0 spiro atoms. The molecule has 1 aromatic carbocycles. The summed E-state index contributed by atoms with van der Waals surface area (Å²) in [5.41, 5.74) is 8.39. The van der Waals surface area contributed by atoms with Crippen molar-refractivity contribution in [2.45, 2.75) is 61.3 Å². The molecule has 5 rings (SSSR count). The van der Waals surface area contributed by atoms with Gasteiger partial charge in [0.2, 0.25) is 0 Å². The first-order valence-corrected chi connectivity index (χ1v) is 13.4. The predicted molar refractivity (Wildman–Crippen MR) is 143 cm³/mol. The van der Waals surface area contributed by atoms with Crippen molar-refractivity contribution >= 4 is 33.2 Å².